The number of aliphatic hydroxyl groups is 1. The van der Waals surface area contributed by atoms with E-state index in [9.17, 15) is 53.1 Å². The number of nitrogens with one attached hydrogen (secondary N) is 4. The third-order valence-electron chi connectivity index (χ3n) is 21.2. The quantitative estimate of drug-likeness (QED) is 0.0219. The molecule has 716 valence electrons. The highest BCUT2D eigenvalue weighted by atomic mass is 16.8. The van der Waals surface area contributed by atoms with Crippen LogP contribution >= 0.6 is 0 Å². The molecule has 4 aliphatic heterocycles. The zero-order valence-electron chi connectivity index (χ0n) is 75.3. The van der Waals surface area contributed by atoms with Crippen molar-refractivity contribution in [2.75, 3.05) is 40.1 Å². The van der Waals surface area contributed by atoms with E-state index < -0.39 is 238 Å². The lowest BCUT2D eigenvalue weighted by Gasteiger charge is -2.52. The zero-order chi connectivity index (χ0) is 94.5. The molecule has 5 N–H and O–H groups in total. The topological polar surface area (TPSA) is 484 Å². The molecule has 39 heteroatoms. The number of hydrogen-bond donors (Lipinski definition) is 5. The predicted octanol–water partition coefficient (Wildman–Crippen LogP) is 5.05. The maximum atomic E-state index is 15.3. The standard InChI is InChI=1S/C91H122N4O35/c1-51-72(92-84(106)67(124-59(9)100)38-43-111-55(5)96)77(116-47-63-29-19-14-20-30-63)76(105)88(120-51)128-82-79(118-49-65-33-23-16-24-34-65)74(94-86(108)69(126-61(11)102)40-45-113-57(7)98)53(3)122-90(82)130-83-80(119-50-66-35-25-17-26-36-66)75(95-87(109)70(127-62(12)103)41-46-114-58(8)99)54(4)123-91(83)129-81-78(117-48-64-31-21-15-22-32-64)73(93-85(107)68(125-60(10)101)39-44-112-56(6)97)52(2)121-89(81)115-42-28-18-27-37-71(104)110-13/h14-17,19-26,29-36,51-54,67-70,72-83,88-91,105H,18,27-28,37-50H2,1-13H3,(H,92,106)(H,93,107)(H,94,108)(H,95,109)/t51-,52-,53-,54-,67-,68-,69-,70-,72-,73-,74-,75-,76+,77+,78+,79+,80+,81+,82+,83+,88-,89+,90-,91-/m1/s1. The first-order chi connectivity index (χ1) is 62.2. The molecule has 0 radical (unpaired) electrons. The van der Waals surface area contributed by atoms with Gasteiger partial charge in [-0.05, 0) is 62.8 Å². The van der Waals surface area contributed by atoms with Crippen LogP contribution in [0.4, 0.5) is 0 Å². The lowest BCUT2D eigenvalue weighted by molar-refractivity contribution is -0.394. The monoisotopic (exact) mass is 1830 g/mol. The molecule has 4 aromatic carbocycles. The molecule has 24 atom stereocenters. The van der Waals surface area contributed by atoms with E-state index in [0.29, 0.717) is 41.5 Å². The van der Waals surface area contributed by atoms with Crippen LogP contribution in [0.1, 0.15) is 157 Å². The summed E-state index contributed by atoms with van der Waals surface area (Å²) in [6.07, 6.45) is -33.0. The van der Waals surface area contributed by atoms with Gasteiger partial charge >= 0.3 is 53.7 Å². The Morgan fingerprint density at radius 1 is 0.315 bits per heavy atom. The Bertz CT molecular complexity index is 4270. The summed E-state index contributed by atoms with van der Waals surface area (Å²) in [5.74, 6) is -10.5. The van der Waals surface area contributed by atoms with E-state index in [-0.39, 0.29) is 78.4 Å². The van der Waals surface area contributed by atoms with Gasteiger partial charge in [0, 0.05) is 94.1 Å². The summed E-state index contributed by atoms with van der Waals surface area (Å²) in [6, 6.07) is 29.4. The summed E-state index contributed by atoms with van der Waals surface area (Å²) in [5.41, 5.74) is 2.28. The molecule has 0 bridgehead atoms. The molecule has 4 amide bonds. The fourth-order valence-electron chi connectivity index (χ4n) is 14.9. The molecule has 0 aliphatic carbocycles. The van der Waals surface area contributed by atoms with Gasteiger partial charge < -0.3 is 126 Å². The Hall–Kier alpha value is -10.5. The van der Waals surface area contributed by atoms with Gasteiger partial charge in [-0.15, -0.1) is 0 Å². The van der Waals surface area contributed by atoms with Crippen LogP contribution in [0.25, 0.3) is 0 Å². The minimum atomic E-state index is -2.02. The van der Waals surface area contributed by atoms with E-state index in [4.69, 9.17) is 99.5 Å². The molecule has 0 spiro atoms. The second-order valence-electron chi connectivity index (χ2n) is 31.5. The highest BCUT2D eigenvalue weighted by Crippen LogP contribution is 2.40. The van der Waals surface area contributed by atoms with Crippen LogP contribution < -0.4 is 21.3 Å². The van der Waals surface area contributed by atoms with Crippen LogP contribution in [0.3, 0.4) is 0 Å². The molecule has 0 aromatic heterocycles. The van der Waals surface area contributed by atoms with Crippen molar-refractivity contribution in [3.05, 3.63) is 144 Å². The number of carbonyl (C=O) groups excluding carboxylic acids is 13. The highest BCUT2D eigenvalue weighted by molar-refractivity contribution is 5.86. The van der Waals surface area contributed by atoms with Crippen LogP contribution in [0.5, 0.6) is 0 Å². The molecule has 8 rings (SSSR count). The number of ether oxygens (including phenoxy) is 21. The second kappa shape index (κ2) is 53.7. The van der Waals surface area contributed by atoms with Crippen LogP contribution in [0.2, 0.25) is 0 Å². The summed E-state index contributed by atoms with van der Waals surface area (Å²) in [6.45, 7) is 12.4. The zero-order valence-corrected chi connectivity index (χ0v) is 75.3. The predicted molar refractivity (Wildman–Crippen MR) is 449 cm³/mol. The normalized spacial score (nSPS) is 26.2. The van der Waals surface area contributed by atoms with E-state index in [1.165, 1.54) is 21.0 Å². The largest absolute Gasteiger partial charge is 0.469 e. The minimum Gasteiger partial charge on any atom is -0.469 e. The Morgan fingerprint density at radius 3 is 0.862 bits per heavy atom. The van der Waals surface area contributed by atoms with Gasteiger partial charge in [0.1, 0.15) is 48.8 Å². The van der Waals surface area contributed by atoms with Gasteiger partial charge in [-0.2, -0.15) is 0 Å². The molecule has 4 aromatic rings. The van der Waals surface area contributed by atoms with Gasteiger partial charge in [0.25, 0.3) is 23.6 Å². The smallest absolute Gasteiger partial charge is 0.305 e. The van der Waals surface area contributed by atoms with Crippen molar-refractivity contribution < 1.29 is 167 Å². The lowest BCUT2D eigenvalue weighted by atomic mass is 9.93. The molecule has 130 heavy (non-hydrogen) atoms. The molecule has 39 nitrogen and oxygen atoms in total. The second-order valence-corrected chi connectivity index (χ2v) is 31.5. The van der Waals surface area contributed by atoms with Crippen molar-refractivity contribution in [3.8, 4) is 0 Å². The van der Waals surface area contributed by atoms with E-state index >= 15 is 14.4 Å². The van der Waals surface area contributed by atoms with Gasteiger partial charge in [0.05, 0.1) is 109 Å². The first kappa shape index (κ1) is 105. The number of methoxy groups -OCH3 is 1. The van der Waals surface area contributed by atoms with Gasteiger partial charge in [-0.25, -0.2) is 0 Å². The van der Waals surface area contributed by atoms with Crippen molar-refractivity contribution in [2.45, 2.75) is 308 Å². The summed E-state index contributed by atoms with van der Waals surface area (Å²) in [4.78, 5) is 172. The summed E-state index contributed by atoms with van der Waals surface area (Å²) in [7, 11) is 1.27. The maximum Gasteiger partial charge on any atom is 0.305 e. The first-order valence-electron chi connectivity index (χ1n) is 43.2. The Labute approximate surface area is 754 Å². The van der Waals surface area contributed by atoms with Gasteiger partial charge in [-0.1, -0.05) is 128 Å². The molecule has 4 aliphatic rings. The third-order valence-corrected chi connectivity index (χ3v) is 21.2. The van der Waals surface area contributed by atoms with Crippen LogP contribution in [0, 0.1) is 0 Å². The fraction of sp³-hybridized carbons (Fsp3) is 0.593. The molecule has 0 saturated carbocycles. The highest BCUT2D eigenvalue weighted by Gasteiger charge is 2.59. The molecule has 4 saturated heterocycles. The summed E-state index contributed by atoms with van der Waals surface area (Å²) in [5, 5.41) is 25.0. The maximum absolute atomic E-state index is 15.3. The minimum absolute atomic E-state index is 0.0809. The first-order valence-corrected chi connectivity index (χ1v) is 43.2. The Kier molecular flexibility index (Phi) is 43.3. The average molecular weight is 1830 g/mol. The third kappa shape index (κ3) is 34.0. The fourth-order valence-corrected chi connectivity index (χ4v) is 14.9. The van der Waals surface area contributed by atoms with Crippen molar-refractivity contribution >= 4 is 77.4 Å². The van der Waals surface area contributed by atoms with Crippen LogP contribution in [-0.4, -0.2) is 270 Å². The SMILES string of the molecule is COC(=O)CCCCCO[C@H]1O[C@H](C)[C@@H](NC(=O)[C@@H](CCOC(C)=O)OC(C)=O)[C@H](OCc2ccccc2)[C@@H]1O[C@H]1O[C@H](C)[C@@H](NC(=O)[C@@H](CCOC(C)=O)OC(C)=O)[C@H](OCc2ccccc2)[C@@H]1O[C@H]1O[C@H](C)[C@@H](NC(=O)[C@@H](CCOC(C)=O)OC(C)=O)[C@H](OCc2ccccc2)[C@@H]1O[C@H]1O[C@H](C)[C@@H](NC(=O)[C@@H](CCOC(C)=O)OC(C)=O)[C@H](OCc2ccccc2)[C@@H]1O. The number of unbranched alkanes of at least 4 members (excludes halogenated alkanes) is 2. The van der Waals surface area contributed by atoms with Crippen molar-refractivity contribution in [2.24, 2.45) is 0 Å². The molecule has 4 heterocycles. The molecular weight excluding hydrogens is 1710 g/mol. The van der Waals surface area contributed by atoms with E-state index in [2.05, 4.69) is 21.3 Å². The van der Waals surface area contributed by atoms with Crippen LogP contribution in [-0.2, 0) is 188 Å². The van der Waals surface area contributed by atoms with Crippen molar-refractivity contribution in [1.29, 1.82) is 0 Å². The Balaban J connectivity index is 1.38. The van der Waals surface area contributed by atoms with Gasteiger partial charge in [-0.3, -0.25) is 62.3 Å². The summed E-state index contributed by atoms with van der Waals surface area (Å²) >= 11 is 0. The molecule has 4 fully saturated rings. The summed E-state index contributed by atoms with van der Waals surface area (Å²) < 4.78 is 133. The number of carbonyl (C=O) groups is 13. The molecular formula is C91H122N4O35. The molecule has 0 unspecified atom stereocenters. The van der Waals surface area contributed by atoms with E-state index in [1.54, 1.807) is 135 Å². The number of hydrogen-bond acceptors (Lipinski definition) is 35. The van der Waals surface area contributed by atoms with Crippen molar-refractivity contribution in [3.63, 3.8) is 0 Å². The van der Waals surface area contributed by atoms with Gasteiger partial charge in [0.15, 0.2) is 49.6 Å². The van der Waals surface area contributed by atoms with Crippen LogP contribution in [0.15, 0.2) is 121 Å². The lowest BCUT2D eigenvalue weighted by Crippen LogP contribution is -2.71. The van der Waals surface area contributed by atoms with Crippen molar-refractivity contribution in [1.82, 2.24) is 21.3 Å². The van der Waals surface area contributed by atoms with Gasteiger partial charge in [0.2, 0.25) is 0 Å². The number of aliphatic hydroxyl groups excluding tert-OH is 1. The number of rotatable bonds is 49. The average Bonchev–Trinajstić information content (AvgIpc) is 0.756. The van der Waals surface area contributed by atoms with E-state index in [0.717, 1.165) is 55.4 Å². The number of amides is 4. The Morgan fingerprint density at radius 2 is 0.577 bits per heavy atom. The van der Waals surface area contributed by atoms with E-state index in [1.807, 2.05) is 0 Å². The number of esters is 9. The number of benzene rings is 4.